The molecule has 21 heavy (non-hydrogen) atoms. The average Bonchev–Trinajstić information content (AvgIpc) is 2.90. The minimum Gasteiger partial charge on any atom is -0.453 e. The van der Waals surface area contributed by atoms with Gasteiger partial charge in [0.1, 0.15) is 4.90 Å². The van der Waals surface area contributed by atoms with E-state index in [0.717, 1.165) is 0 Å². The molecule has 1 aromatic carbocycles. The van der Waals surface area contributed by atoms with Crippen molar-refractivity contribution in [2.45, 2.75) is 17.4 Å². The molecule has 3 N–H and O–H groups in total. The van der Waals surface area contributed by atoms with Crippen molar-refractivity contribution in [3.63, 3.8) is 0 Å². The molecule has 0 radical (unpaired) electrons. The number of nitrogens with two attached hydrogens (primary N) is 1. The summed E-state index contributed by atoms with van der Waals surface area (Å²) in [6.07, 6.45) is -0.0740. The summed E-state index contributed by atoms with van der Waals surface area (Å²) in [6.45, 7) is 0.463. The second kappa shape index (κ2) is 6.08. The zero-order valence-electron chi connectivity index (χ0n) is 11.4. The van der Waals surface area contributed by atoms with E-state index in [0.29, 0.717) is 18.7 Å². The molecule has 9 heteroatoms. The Bertz CT molecular complexity index is 650. The van der Waals surface area contributed by atoms with Crippen LogP contribution in [0.15, 0.2) is 23.1 Å². The Morgan fingerprint density at radius 3 is 2.90 bits per heavy atom. The molecule has 7 nitrogen and oxygen atoms in total. The number of alkyl carbamates (subject to hydrolysis) is 1. The summed E-state index contributed by atoms with van der Waals surface area (Å²) in [6, 6.07) is 4.03. The van der Waals surface area contributed by atoms with Crippen molar-refractivity contribution in [1.29, 1.82) is 0 Å². The third-order valence-corrected chi connectivity index (χ3v) is 5.58. The van der Waals surface area contributed by atoms with Gasteiger partial charge in [-0.25, -0.2) is 13.2 Å². The van der Waals surface area contributed by atoms with Gasteiger partial charge >= 0.3 is 6.09 Å². The Kier molecular flexibility index (Phi) is 4.60. The van der Waals surface area contributed by atoms with E-state index in [9.17, 15) is 13.2 Å². The van der Waals surface area contributed by atoms with Crippen LogP contribution in [0.3, 0.4) is 0 Å². The van der Waals surface area contributed by atoms with Gasteiger partial charge in [0, 0.05) is 24.8 Å². The number of carbonyl (C=O) groups is 1. The molecule has 0 spiro atoms. The Morgan fingerprint density at radius 2 is 2.24 bits per heavy atom. The summed E-state index contributed by atoms with van der Waals surface area (Å²) < 4.78 is 30.9. The van der Waals surface area contributed by atoms with E-state index in [2.05, 4.69) is 10.1 Å². The molecule has 1 aliphatic heterocycles. The Morgan fingerprint density at radius 1 is 1.52 bits per heavy atom. The van der Waals surface area contributed by atoms with Crippen molar-refractivity contribution in [2.75, 3.05) is 25.9 Å². The highest BCUT2D eigenvalue weighted by molar-refractivity contribution is 7.89. The number of nitrogens with zero attached hydrogens (tertiary/aromatic N) is 1. The van der Waals surface area contributed by atoms with E-state index in [-0.39, 0.29) is 22.5 Å². The normalized spacial score (nSPS) is 19.4. The van der Waals surface area contributed by atoms with Crippen LogP contribution >= 0.6 is 11.6 Å². The number of benzene rings is 1. The highest BCUT2D eigenvalue weighted by atomic mass is 35.5. The number of sulfonamides is 1. The molecule has 116 valence electrons. The van der Waals surface area contributed by atoms with E-state index in [1.807, 2.05) is 0 Å². The van der Waals surface area contributed by atoms with E-state index >= 15 is 0 Å². The molecule has 0 aliphatic carbocycles. The van der Waals surface area contributed by atoms with Crippen LogP contribution in [0.1, 0.15) is 6.42 Å². The molecule has 2 rings (SSSR count). The Hall–Kier alpha value is -1.51. The summed E-state index contributed by atoms with van der Waals surface area (Å²) in [5.41, 5.74) is 5.94. The summed E-state index contributed by atoms with van der Waals surface area (Å²) in [5.74, 6) is 0. The molecule has 1 aromatic rings. The molecular weight excluding hydrogens is 318 g/mol. The first-order valence-electron chi connectivity index (χ1n) is 6.24. The number of halogens is 1. The van der Waals surface area contributed by atoms with Crippen LogP contribution in [-0.2, 0) is 14.8 Å². The maximum Gasteiger partial charge on any atom is 0.407 e. The highest BCUT2D eigenvalue weighted by Crippen LogP contribution is 2.28. The second-order valence-electron chi connectivity index (χ2n) is 4.67. The third-order valence-electron chi connectivity index (χ3n) is 3.23. The first-order chi connectivity index (χ1) is 9.84. The minimum atomic E-state index is -3.74. The van der Waals surface area contributed by atoms with Gasteiger partial charge in [0.15, 0.2) is 0 Å². The summed E-state index contributed by atoms with van der Waals surface area (Å²) in [4.78, 5) is 11.1. The largest absolute Gasteiger partial charge is 0.453 e. The fraction of sp³-hybridized carbons (Fsp3) is 0.417. The second-order valence-corrected chi connectivity index (χ2v) is 6.99. The van der Waals surface area contributed by atoms with Crippen molar-refractivity contribution >= 4 is 33.4 Å². The van der Waals surface area contributed by atoms with Crippen LogP contribution in [0.25, 0.3) is 0 Å². The van der Waals surface area contributed by atoms with Gasteiger partial charge in [-0.1, -0.05) is 11.6 Å². The Balaban J connectivity index is 2.18. The van der Waals surface area contributed by atoms with E-state index in [4.69, 9.17) is 17.3 Å². The van der Waals surface area contributed by atoms with Crippen molar-refractivity contribution in [2.24, 2.45) is 0 Å². The molecule has 1 amide bonds. The van der Waals surface area contributed by atoms with Crippen LogP contribution in [0.4, 0.5) is 10.5 Å². The van der Waals surface area contributed by atoms with Gasteiger partial charge in [0.25, 0.3) is 0 Å². The number of hydrogen-bond acceptors (Lipinski definition) is 5. The lowest BCUT2D eigenvalue weighted by Gasteiger charge is -2.18. The molecule has 1 aliphatic rings. The number of amides is 1. The van der Waals surface area contributed by atoms with Crippen LogP contribution < -0.4 is 11.1 Å². The van der Waals surface area contributed by atoms with E-state index in [1.54, 1.807) is 0 Å². The highest BCUT2D eigenvalue weighted by Gasteiger charge is 2.34. The molecule has 0 saturated carbocycles. The van der Waals surface area contributed by atoms with Crippen molar-refractivity contribution in [1.82, 2.24) is 9.62 Å². The molecule has 1 heterocycles. The van der Waals surface area contributed by atoms with Crippen LogP contribution in [0.2, 0.25) is 5.02 Å². The number of nitrogen functional groups attached to an aromatic ring is 1. The van der Waals surface area contributed by atoms with E-state index in [1.165, 1.54) is 29.6 Å². The predicted molar refractivity (Wildman–Crippen MR) is 78.6 cm³/mol. The lowest BCUT2D eigenvalue weighted by Crippen LogP contribution is -2.38. The third kappa shape index (κ3) is 3.39. The fourth-order valence-corrected chi connectivity index (χ4v) is 4.16. The zero-order chi connectivity index (χ0) is 15.6. The average molecular weight is 334 g/mol. The monoisotopic (exact) mass is 333 g/mol. The number of anilines is 1. The molecule has 1 fully saturated rings. The smallest absolute Gasteiger partial charge is 0.407 e. The lowest BCUT2D eigenvalue weighted by atomic mass is 10.3. The molecule has 0 aromatic heterocycles. The first-order valence-corrected chi connectivity index (χ1v) is 8.06. The SMILES string of the molecule is COC(=O)NC1CCN(S(=O)(=O)c2cc(N)ccc2Cl)C1. The molecule has 0 bridgehead atoms. The van der Waals surface area contributed by atoms with Gasteiger partial charge in [-0.05, 0) is 24.6 Å². The fourth-order valence-electron chi connectivity index (χ4n) is 2.15. The topological polar surface area (TPSA) is 102 Å². The van der Waals surface area contributed by atoms with Gasteiger partial charge < -0.3 is 15.8 Å². The number of rotatable bonds is 3. The molecule has 1 saturated heterocycles. The first kappa shape index (κ1) is 15.9. The maximum atomic E-state index is 12.6. The maximum absolute atomic E-state index is 12.6. The van der Waals surface area contributed by atoms with Crippen molar-refractivity contribution in [3.05, 3.63) is 23.2 Å². The zero-order valence-corrected chi connectivity index (χ0v) is 12.9. The quantitative estimate of drug-likeness (QED) is 0.805. The predicted octanol–water partition coefficient (Wildman–Crippen LogP) is 1.04. The van der Waals surface area contributed by atoms with Gasteiger partial charge in [-0.3, -0.25) is 0 Å². The van der Waals surface area contributed by atoms with Gasteiger partial charge in [0.05, 0.1) is 12.1 Å². The summed E-state index contributed by atoms with van der Waals surface area (Å²) >= 11 is 5.95. The van der Waals surface area contributed by atoms with Crippen LogP contribution in [0, 0.1) is 0 Å². The molecular formula is C12H16ClN3O4S. The van der Waals surface area contributed by atoms with Gasteiger partial charge in [-0.15, -0.1) is 0 Å². The molecule has 1 unspecified atom stereocenters. The number of methoxy groups -OCH3 is 1. The van der Waals surface area contributed by atoms with Gasteiger partial charge in [0.2, 0.25) is 10.0 Å². The van der Waals surface area contributed by atoms with E-state index < -0.39 is 16.1 Å². The van der Waals surface area contributed by atoms with Crippen LogP contribution in [0.5, 0.6) is 0 Å². The van der Waals surface area contributed by atoms with Crippen LogP contribution in [-0.4, -0.2) is 45.1 Å². The van der Waals surface area contributed by atoms with Crippen molar-refractivity contribution in [3.8, 4) is 0 Å². The standard InChI is InChI=1S/C12H16ClN3O4S/c1-20-12(17)15-9-4-5-16(7-9)21(18,19)11-6-8(14)2-3-10(11)13/h2-3,6,9H,4-5,7,14H2,1H3,(H,15,17). The number of carbonyl (C=O) groups excluding carboxylic acids is 1. The summed E-state index contributed by atoms with van der Waals surface area (Å²) in [7, 11) is -2.48. The van der Waals surface area contributed by atoms with Crippen molar-refractivity contribution < 1.29 is 17.9 Å². The minimum absolute atomic E-state index is 0.0251. The summed E-state index contributed by atoms with van der Waals surface area (Å²) in [5, 5.41) is 2.70. The Labute approximate surface area is 128 Å². The number of hydrogen-bond donors (Lipinski definition) is 2. The molecule has 1 atom stereocenters. The van der Waals surface area contributed by atoms with Gasteiger partial charge in [-0.2, -0.15) is 4.31 Å². The number of ether oxygens (including phenoxy) is 1. The number of nitrogens with one attached hydrogen (secondary N) is 1. The lowest BCUT2D eigenvalue weighted by molar-refractivity contribution is 0.167.